The van der Waals surface area contributed by atoms with Crippen LogP contribution >= 0.6 is 0 Å². The zero-order valence-corrected chi connectivity index (χ0v) is 14.1. The number of ether oxygens (including phenoxy) is 4. The van der Waals surface area contributed by atoms with E-state index in [1.165, 1.54) is 47.4 Å². The Labute approximate surface area is 139 Å². The van der Waals surface area contributed by atoms with Crippen molar-refractivity contribution < 1.29 is 33.3 Å². The molecule has 0 saturated heterocycles. The topological polar surface area (TPSA) is 112 Å². The van der Waals surface area contributed by atoms with E-state index in [1.54, 1.807) is 0 Å². The Bertz CT molecular complexity index is 605. The van der Waals surface area contributed by atoms with Crippen LogP contribution in [0.2, 0.25) is 0 Å². The van der Waals surface area contributed by atoms with Crippen LogP contribution in [-0.2, 0) is 9.53 Å². The average Bonchev–Trinajstić information content (AvgIpc) is 2.59. The van der Waals surface area contributed by atoms with Gasteiger partial charge in [0, 0.05) is 7.05 Å². The van der Waals surface area contributed by atoms with E-state index in [2.05, 4.69) is 5.32 Å². The van der Waals surface area contributed by atoms with Crippen molar-refractivity contribution in [3.8, 4) is 17.2 Å². The lowest BCUT2D eigenvalue weighted by atomic mass is 10.2. The number of rotatable bonds is 6. The van der Waals surface area contributed by atoms with Crippen molar-refractivity contribution in [2.24, 2.45) is 0 Å². The monoisotopic (exact) mass is 340 g/mol. The Morgan fingerprint density at radius 3 is 1.96 bits per heavy atom. The largest absolute Gasteiger partial charge is 0.493 e. The van der Waals surface area contributed by atoms with Crippen LogP contribution in [-0.4, -0.2) is 52.4 Å². The van der Waals surface area contributed by atoms with Crippen LogP contribution in [0.15, 0.2) is 12.1 Å². The first-order valence-electron chi connectivity index (χ1n) is 6.91. The van der Waals surface area contributed by atoms with Crippen LogP contribution < -0.4 is 24.8 Å². The molecule has 0 fully saturated rings. The van der Waals surface area contributed by atoms with E-state index < -0.39 is 24.0 Å². The highest BCUT2D eigenvalue weighted by atomic mass is 16.5. The van der Waals surface area contributed by atoms with Crippen LogP contribution in [0.1, 0.15) is 17.3 Å². The molecule has 1 aromatic rings. The summed E-state index contributed by atoms with van der Waals surface area (Å²) in [4.78, 5) is 35.0. The van der Waals surface area contributed by atoms with Gasteiger partial charge in [0.05, 0.1) is 26.9 Å². The molecule has 0 bridgehead atoms. The zero-order chi connectivity index (χ0) is 18.3. The van der Waals surface area contributed by atoms with Crippen molar-refractivity contribution in [3.63, 3.8) is 0 Å². The summed E-state index contributed by atoms with van der Waals surface area (Å²) in [6.07, 6.45) is -1.17. The molecule has 1 aromatic carbocycles. The molecular formula is C15H20N2O7. The van der Waals surface area contributed by atoms with Crippen molar-refractivity contribution >= 4 is 17.9 Å². The molecular weight excluding hydrogens is 320 g/mol. The summed E-state index contributed by atoms with van der Waals surface area (Å²) in [5, 5.41) is 4.23. The van der Waals surface area contributed by atoms with Gasteiger partial charge < -0.3 is 24.3 Å². The molecule has 1 rings (SSSR count). The van der Waals surface area contributed by atoms with Crippen LogP contribution in [0.3, 0.4) is 0 Å². The molecule has 0 aliphatic heterocycles. The maximum absolute atomic E-state index is 12.2. The highest BCUT2D eigenvalue weighted by Crippen LogP contribution is 2.38. The van der Waals surface area contributed by atoms with E-state index in [9.17, 15) is 14.4 Å². The molecule has 0 aromatic heterocycles. The normalized spacial score (nSPS) is 11.0. The minimum atomic E-state index is -1.17. The number of nitrogens with one attached hydrogen (secondary N) is 2. The minimum Gasteiger partial charge on any atom is -0.493 e. The van der Waals surface area contributed by atoms with Gasteiger partial charge in [-0.2, -0.15) is 0 Å². The summed E-state index contributed by atoms with van der Waals surface area (Å²) in [6, 6.07) is 2.09. The molecule has 2 N–H and O–H groups in total. The van der Waals surface area contributed by atoms with Crippen molar-refractivity contribution in [2.45, 2.75) is 13.0 Å². The number of imide groups is 1. The van der Waals surface area contributed by atoms with Crippen molar-refractivity contribution in [1.29, 1.82) is 0 Å². The lowest BCUT2D eigenvalue weighted by Gasteiger charge is -2.15. The number of methoxy groups -OCH3 is 3. The van der Waals surface area contributed by atoms with Crippen LogP contribution in [0.5, 0.6) is 17.2 Å². The highest BCUT2D eigenvalue weighted by Gasteiger charge is 2.23. The Morgan fingerprint density at radius 1 is 1.00 bits per heavy atom. The standard InChI is InChI=1S/C15H20N2O7/c1-8(13(18)17-15(20)16-2)24-14(19)9-6-10(21-3)12(23-5)11(7-9)22-4/h6-8H,1-5H3,(H2,16,17,18,20). The van der Waals surface area contributed by atoms with E-state index in [-0.39, 0.29) is 17.1 Å². The average molecular weight is 340 g/mol. The maximum atomic E-state index is 12.2. The smallest absolute Gasteiger partial charge is 0.339 e. The van der Waals surface area contributed by atoms with Crippen molar-refractivity contribution in [2.75, 3.05) is 28.4 Å². The molecule has 0 aliphatic carbocycles. The quantitative estimate of drug-likeness (QED) is 0.734. The Balaban J connectivity index is 2.95. The van der Waals surface area contributed by atoms with E-state index >= 15 is 0 Å². The summed E-state index contributed by atoms with van der Waals surface area (Å²) in [5.41, 5.74) is 0.101. The second-order valence-electron chi connectivity index (χ2n) is 4.53. The number of benzene rings is 1. The number of hydrogen-bond acceptors (Lipinski definition) is 7. The molecule has 0 heterocycles. The fourth-order valence-corrected chi connectivity index (χ4v) is 1.76. The molecule has 0 radical (unpaired) electrons. The molecule has 0 aliphatic rings. The molecule has 9 nitrogen and oxygen atoms in total. The summed E-state index contributed by atoms with van der Waals surface area (Å²) < 4.78 is 20.5. The van der Waals surface area contributed by atoms with Gasteiger partial charge in [0.1, 0.15) is 0 Å². The summed E-state index contributed by atoms with van der Waals surface area (Å²) >= 11 is 0. The SMILES string of the molecule is CNC(=O)NC(=O)C(C)OC(=O)c1cc(OC)c(OC)c(OC)c1. The van der Waals surface area contributed by atoms with E-state index in [1.807, 2.05) is 5.32 Å². The molecule has 132 valence electrons. The van der Waals surface area contributed by atoms with E-state index in [4.69, 9.17) is 18.9 Å². The molecule has 24 heavy (non-hydrogen) atoms. The molecule has 0 spiro atoms. The molecule has 9 heteroatoms. The third kappa shape index (κ3) is 4.51. The van der Waals surface area contributed by atoms with Crippen LogP contribution in [0.25, 0.3) is 0 Å². The van der Waals surface area contributed by atoms with Crippen molar-refractivity contribution in [3.05, 3.63) is 17.7 Å². The predicted octanol–water partition coefficient (Wildman–Crippen LogP) is 0.713. The molecule has 3 amide bonds. The number of carbonyl (C=O) groups is 3. The third-order valence-electron chi connectivity index (χ3n) is 3.02. The number of amides is 3. The summed E-state index contributed by atoms with van der Waals surface area (Å²) in [7, 11) is 5.61. The van der Waals surface area contributed by atoms with Gasteiger partial charge in [-0.1, -0.05) is 0 Å². The second-order valence-corrected chi connectivity index (χ2v) is 4.53. The molecule has 1 atom stereocenters. The summed E-state index contributed by atoms with van der Waals surface area (Å²) in [6.45, 7) is 1.34. The third-order valence-corrected chi connectivity index (χ3v) is 3.02. The van der Waals surface area contributed by atoms with Crippen molar-refractivity contribution in [1.82, 2.24) is 10.6 Å². The van der Waals surface area contributed by atoms with Crippen LogP contribution in [0, 0.1) is 0 Å². The predicted molar refractivity (Wildman–Crippen MR) is 83.6 cm³/mol. The number of esters is 1. The van der Waals surface area contributed by atoms with Crippen LogP contribution in [0.4, 0.5) is 4.79 Å². The minimum absolute atomic E-state index is 0.101. The first kappa shape index (κ1) is 19.1. The Kier molecular flexibility index (Phi) is 6.84. The maximum Gasteiger partial charge on any atom is 0.339 e. The lowest BCUT2D eigenvalue weighted by Crippen LogP contribution is -2.43. The van der Waals surface area contributed by atoms with E-state index in [0.29, 0.717) is 5.75 Å². The van der Waals surface area contributed by atoms with Gasteiger partial charge in [0.15, 0.2) is 17.6 Å². The van der Waals surface area contributed by atoms with Gasteiger partial charge >= 0.3 is 12.0 Å². The second kappa shape index (κ2) is 8.61. The lowest BCUT2D eigenvalue weighted by molar-refractivity contribution is -0.127. The number of hydrogen-bond donors (Lipinski definition) is 2. The van der Waals surface area contributed by atoms with Gasteiger partial charge in [-0.15, -0.1) is 0 Å². The zero-order valence-electron chi connectivity index (χ0n) is 14.1. The van der Waals surface area contributed by atoms with Gasteiger partial charge in [0.2, 0.25) is 5.75 Å². The highest BCUT2D eigenvalue weighted by molar-refractivity contribution is 5.98. The first-order valence-corrected chi connectivity index (χ1v) is 6.91. The fourth-order valence-electron chi connectivity index (χ4n) is 1.76. The summed E-state index contributed by atoms with van der Waals surface area (Å²) in [5.74, 6) is -0.677. The Morgan fingerprint density at radius 2 is 1.54 bits per heavy atom. The van der Waals surface area contributed by atoms with E-state index in [0.717, 1.165) is 0 Å². The van der Waals surface area contributed by atoms with Gasteiger partial charge in [0.25, 0.3) is 5.91 Å². The van der Waals surface area contributed by atoms with Gasteiger partial charge in [-0.25, -0.2) is 9.59 Å². The van der Waals surface area contributed by atoms with Gasteiger partial charge in [-0.3, -0.25) is 10.1 Å². The Hall–Kier alpha value is -2.97. The number of carbonyl (C=O) groups excluding carboxylic acids is 3. The molecule has 1 unspecified atom stereocenters. The fraction of sp³-hybridized carbons (Fsp3) is 0.400. The molecule has 0 saturated carbocycles. The number of urea groups is 1. The first-order chi connectivity index (χ1) is 11.4. The van der Waals surface area contributed by atoms with Gasteiger partial charge in [-0.05, 0) is 19.1 Å².